The van der Waals surface area contributed by atoms with Crippen LogP contribution in [0.3, 0.4) is 0 Å². The minimum Gasteiger partial charge on any atom is -0.380 e. The first-order chi connectivity index (χ1) is 6.65. The maximum atomic E-state index is 11.9. The van der Waals surface area contributed by atoms with Crippen LogP contribution >= 0.6 is 0 Å². The molecule has 1 aliphatic rings. The SMILES string of the molecule is CCC(C)CS(=O)C1COCCC1N. The Balaban J connectivity index is 2.42. The third-order valence-corrected chi connectivity index (χ3v) is 4.90. The predicted octanol–water partition coefficient (Wildman–Crippen LogP) is 0.897. The lowest BCUT2D eigenvalue weighted by atomic mass is 10.1. The smallest absolute Gasteiger partial charge is 0.0733 e. The van der Waals surface area contributed by atoms with E-state index in [1.54, 1.807) is 0 Å². The fourth-order valence-corrected chi connectivity index (χ4v) is 3.34. The lowest BCUT2D eigenvalue weighted by Gasteiger charge is -2.28. The second-order valence-electron chi connectivity index (χ2n) is 4.13. The summed E-state index contributed by atoms with van der Waals surface area (Å²) in [6, 6.07) is 0.0636. The van der Waals surface area contributed by atoms with Gasteiger partial charge in [0.25, 0.3) is 0 Å². The van der Waals surface area contributed by atoms with Crippen molar-refractivity contribution in [1.82, 2.24) is 0 Å². The summed E-state index contributed by atoms with van der Waals surface area (Å²) in [5.41, 5.74) is 5.92. The van der Waals surface area contributed by atoms with Crippen LogP contribution < -0.4 is 5.73 Å². The first-order valence-corrected chi connectivity index (χ1v) is 6.73. The molecule has 0 aliphatic carbocycles. The van der Waals surface area contributed by atoms with E-state index in [2.05, 4.69) is 13.8 Å². The molecule has 4 unspecified atom stereocenters. The van der Waals surface area contributed by atoms with Crippen molar-refractivity contribution >= 4 is 10.8 Å². The second-order valence-corrected chi connectivity index (χ2v) is 5.83. The highest BCUT2D eigenvalue weighted by atomic mass is 32.2. The van der Waals surface area contributed by atoms with Crippen molar-refractivity contribution in [3.8, 4) is 0 Å². The molecule has 3 nitrogen and oxygen atoms in total. The molecule has 0 bridgehead atoms. The molecule has 1 heterocycles. The van der Waals surface area contributed by atoms with Crippen molar-refractivity contribution in [3.63, 3.8) is 0 Å². The molecule has 4 heteroatoms. The van der Waals surface area contributed by atoms with Gasteiger partial charge in [-0.2, -0.15) is 0 Å². The number of hydrogen-bond donors (Lipinski definition) is 1. The van der Waals surface area contributed by atoms with Gasteiger partial charge in [0.05, 0.1) is 11.9 Å². The van der Waals surface area contributed by atoms with Crippen LogP contribution in [0.1, 0.15) is 26.7 Å². The maximum absolute atomic E-state index is 11.9. The third-order valence-electron chi connectivity index (χ3n) is 2.84. The van der Waals surface area contributed by atoms with Crippen molar-refractivity contribution in [2.75, 3.05) is 19.0 Å². The fourth-order valence-electron chi connectivity index (χ4n) is 1.52. The summed E-state index contributed by atoms with van der Waals surface area (Å²) in [6.07, 6.45) is 1.92. The topological polar surface area (TPSA) is 52.3 Å². The van der Waals surface area contributed by atoms with Gasteiger partial charge in [-0.1, -0.05) is 20.3 Å². The first-order valence-electron chi connectivity index (χ1n) is 5.35. The zero-order valence-corrected chi connectivity index (χ0v) is 9.89. The van der Waals surface area contributed by atoms with E-state index in [1.807, 2.05) is 0 Å². The largest absolute Gasteiger partial charge is 0.380 e. The lowest BCUT2D eigenvalue weighted by Crippen LogP contribution is -2.46. The first kappa shape index (κ1) is 12.1. The highest BCUT2D eigenvalue weighted by Gasteiger charge is 2.28. The molecule has 14 heavy (non-hydrogen) atoms. The Bertz CT molecular complexity index is 199. The van der Waals surface area contributed by atoms with Gasteiger partial charge in [-0.05, 0) is 12.3 Å². The Morgan fingerprint density at radius 3 is 2.93 bits per heavy atom. The van der Waals surface area contributed by atoms with Gasteiger partial charge in [0.1, 0.15) is 0 Å². The van der Waals surface area contributed by atoms with Gasteiger partial charge in [-0.15, -0.1) is 0 Å². The van der Waals surface area contributed by atoms with Crippen molar-refractivity contribution in [2.24, 2.45) is 11.7 Å². The van der Waals surface area contributed by atoms with Crippen LogP contribution in [0.2, 0.25) is 0 Å². The van der Waals surface area contributed by atoms with Gasteiger partial charge in [0.2, 0.25) is 0 Å². The van der Waals surface area contributed by atoms with E-state index in [1.165, 1.54) is 0 Å². The lowest BCUT2D eigenvalue weighted by molar-refractivity contribution is 0.0903. The third kappa shape index (κ3) is 3.33. The molecule has 0 saturated carbocycles. The van der Waals surface area contributed by atoms with E-state index in [0.717, 1.165) is 25.2 Å². The Morgan fingerprint density at radius 1 is 1.64 bits per heavy atom. The van der Waals surface area contributed by atoms with E-state index in [4.69, 9.17) is 10.5 Å². The maximum Gasteiger partial charge on any atom is 0.0733 e. The Hall–Kier alpha value is 0.0700. The highest BCUT2D eigenvalue weighted by Crippen LogP contribution is 2.14. The van der Waals surface area contributed by atoms with E-state index in [9.17, 15) is 4.21 Å². The van der Waals surface area contributed by atoms with Gasteiger partial charge in [0.15, 0.2) is 0 Å². The monoisotopic (exact) mass is 219 g/mol. The predicted molar refractivity (Wildman–Crippen MR) is 59.7 cm³/mol. The van der Waals surface area contributed by atoms with Crippen LogP contribution in [-0.2, 0) is 15.5 Å². The molecular formula is C10H21NO2S. The highest BCUT2D eigenvalue weighted by molar-refractivity contribution is 7.85. The summed E-state index contributed by atoms with van der Waals surface area (Å²) in [6.45, 7) is 5.55. The molecule has 0 aromatic carbocycles. The minimum atomic E-state index is -0.817. The molecular weight excluding hydrogens is 198 g/mol. The van der Waals surface area contributed by atoms with Crippen LogP contribution in [0.4, 0.5) is 0 Å². The van der Waals surface area contributed by atoms with E-state index >= 15 is 0 Å². The quantitative estimate of drug-likeness (QED) is 0.764. The van der Waals surface area contributed by atoms with Crippen molar-refractivity contribution < 1.29 is 8.95 Å². The van der Waals surface area contributed by atoms with Gasteiger partial charge >= 0.3 is 0 Å². The number of ether oxygens (including phenoxy) is 1. The van der Waals surface area contributed by atoms with Crippen molar-refractivity contribution in [1.29, 1.82) is 0 Å². The van der Waals surface area contributed by atoms with E-state index < -0.39 is 10.8 Å². The number of hydrogen-bond acceptors (Lipinski definition) is 3. The normalized spacial score (nSPS) is 32.5. The Kier molecular flexibility index (Phi) is 5.06. The second kappa shape index (κ2) is 5.83. The molecule has 0 aromatic heterocycles. The molecule has 1 rings (SSSR count). The van der Waals surface area contributed by atoms with Crippen LogP contribution in [-0.4, -0.2) is 34.5 Å². The molecule has 84 valence electrons. The van der Waals surface area contributed by atoms with Gasteiger partial charge in [-0.25, -0.2) is 0 Å². The Morgan fingerprint density at radius 2 is 2.36 bits per heavy atom. The minimum absolute atomic E-state index is 0.0535. The van der Waals surface area contributed by atoms with Crippen LogP contribution in [0.25, 0.3) is 0 Å². The van der Waals surface area contributed by atoms with Gasteiger partial charge in [-0.3, -0.25) is 4.21 Å². The van der Waals surface area contributed by atoms with E-state index in [0.29, 0.717) is 12.5 Å². The number of nitrogens with two attached hydrogens (primary N) is 1. The Labute approximate surface area is 88.8 Å². The summed E-state index contributed by atoms with van der Waals surface area (Å²) in [5.74, 6) is 1.28. The standard InChI is InChI=1S/C10H21NO2S/c1-3-8(2)7-14(12)10-6-13-5-4-9(10)11/h8-10H,3-7,11H2,1-2H3. The fraction of sp³-hybridized carbons (Fsp3) is 1.00. The molecule has 0 spiro atoms. The number of rotatable bonds is 4. The summed E-state index contributed by atoms with van der Waals surface area (Å²) < 4.78 is 17.2. The van der Waals surface area contributed by atoms with Crippen LogP contribution in [0, 0.1) is 5.92 Å². The average Bonchev–Trinajstić information content (AvgIpc) is 2.18. The molecule has 0 amide bonds. The molecule has 1 saturated heterocycles. The molecule has 0 radical (unpaired) electrons. The summed E-state index contributed by atoms with van der Waals surface area (Å²) >= 11 is 0. The van der Waals surface area contributed by atoms with Crippen molar-refractivity contribution in [2.45, 2.75) is 38.0 Å². The molecule has 4 atom stereocenters. The summed E-state index contributed by atoms with van der Waals surface area (Å²) in [7, 11) is -0.817. The van der Waals surface area contributed by atoms with Gasteiger partial charge < -0.3 is 10.5 Å². The van der Waals surface area contributed by atoms with Crippen molar-refractivity contribution in [3.05, 3.63) is 0 Å². The van der Waals surface area contributed by atoms with Crippen LogP contribution in [0.5, 0.6) is 0 Å². The average molecular weight is 219 g/mol. The van der Waals surface area contributed by atoms with Crippen LogP contribution in [0.15, 0.2) is 0 Å². The molecule has 1 aliphatic heterocycles. The molecule has 0 aromatic rings. The zero-order chi connectivity index (χ0) is 10.6. The molecule has 1 fully saturated rings. The van der Waals surface area contributed by atoms with E-state index in [-0.39, 0.29) is 11.3 Å². The summed E-state index contributed by atoms with van der Waals surface area (Å²) in [4.78, 5) is 0. The molecule has 2 N–H and O–H groups in total. The van der Waals surface area contributed by atoms with Gasteiger partial charge in [0, 0.05) is 29.2 Å². The zero-order valence-electron chi connectivity index (χ0n) is 9.07. The summed E-state index contributed by atoms with van der Waals surface area (Å²) in [5, 5.41) is 0.0535.